The molecule has 0 amide bonds. The van der Waals surface area contributed by atoms with Gasteiger partial charge in [-0.3, -0.25) is 4.90 Å². The summed E-state index contributed by atoms with van der Waals surface area (Å²) < 4.78 is 1.91. The number of piperidine rings is 1. The largest absolute Gasteiger partial charge is 0.396 e. The van der Waals surface area contributed by atoms with E-state index >= 15 is 0 Å². The number of nitrogens with zero attached hydrogens (tertiary/aromatic N) is 5. The molecule has 0 spiro atoms. The lowest BCUT2D eigenvalue weighted by Crippen LogP contribution is -2.45. The van der Waals surface area contributed by atoms with Crippen molar-refractivity contribution in [2.24, 2.45) is 5.92 Å². The summed E-state index contributed by atoms with van der Waals surface area (Å²) >= 11 is 0. The molecule has 0 unspecified atom stereocenters. The van der Waals surface area contributed by atoms with Crippen LogP contribution in [-0.2, 0) is 12.1 Å². The van der Waals surface area contributed by atoms with Crippen LogP contribution in [0.4, 0.5) is 0 Å². The molecule has 1 aliphatic rings. The molecule has 114 valence electrons. The predicted molar refractivity (Wildman–Crippen MR) is 77.1 cm³/mol. The summed E-state index contributed by atoms with van der Waals surface area (Å²) in [6.07, 6.45) is 3.28. The monoisotopic (exact) mass is 281 g/mol. The average molecular weight is 281 g/mol. The van der Waals surface area contributed by atoms with Crippen molar-refractivity contribution in [1.82, 2.24) is 25.1 Å². The van der Waals surface area contributed by atoms with Crippen LogP contribution in [0.5, 0.6) is 0 Å². The van der Waals surface area contributed by atoms with Crippen molar-refractivity contribution in [3.63, 3.8) is 0 Å². The molecule has 0 saturated carbocycles. The Hall–Kier alpha value is -1.01. The van der Waals surface area contributed by atoms with Crippen molar-refractivity contribution >= 4 is 0 Å². The third kappa shape index (κ3) is 3.35. The first-order valence-electron chi connectivity index (χ1n) is 7.56. The van der Waals surface area contributed by atoms with Gasteiger partial charge in [-0.05, 0) is 62.9 Å². The SMILES string of the molecule is C[C@H]1CCCN(Cc2nnnn2C(C)(C)C)[C@@H]1CCO. The van der Waals surface area contributed by atoms with E-state index in [1.165, 1.54) is 12.8 Å². The molecule has 2 heterocycles. The van der Waals surface area contributed by atoms with Crippen LogP contribution in [0.1, 0.15) is 52.8 Å². The molecule has 2 rings (SSSR count). The number of aromatic nitrogens is 4. The van der Waals surface area contributed by atoms with Gasteiger partial charge in [0.05, 0.1) is 12.1 Å². The van der Waals surface area contributed by atoms with Gasteiger partial charge in [-0.1, -0.05) is 6.92 Å². The quantitative estimate of drug-likeness (QED) is 0.904. The second kappa shape index (κ2) is 6.18. The first-order chi connectivity index (χ1) is 9.43. The highest BCUT2D eigenvalue weighted by Crippen LogP contribution is 2.27. The minimum absolute atomic E-state index is 0.104. The summed E-state index contributed by atoms with van der Waals surface area (Å²) in [5.41, 5.74) is -0.104. The number of hydrogen-bond acceptors (Lipinski definition) is 5. The molecule has 6 nitrogen and oxygen atoms in total. The Morgan fingerprint density at radius 3 is 2.75 bits per heavy atom. The molecule has 1 aromatic heterocycles. The van der Waals surface area contributed by atoms with E-state index in [4.69, 9.17) is 0 Å². The standard InChI is InChI=1S/C14H27N5O/c1-11-6-5-8-18(12(11)7-9-20)10-13-15-16-17-19(13)14(2,3)4/h11-12,20H,5-10H2,1-4H3/t11-,12+/m0/s1. The summed E-state index contributed by atoms with van der Waals surface area (Å²) in [4.78, 5) is 2.43. The highest BCUT2D eigenvalue weighted by molar-refractivity contribution is 4.91. The van der Waals surface area contributed by atoms with Crippen molar-refractivity contribution in [2.75, 3.05) is 13.2 Å². The fourth-order valence-electron chi connectivity index (χ4n) is 3.14. The number of aliphatic hydroxyl groups is 1. The molecule has 0 aliphatic carbocycles. The van der Waals surface area contributed by atoms with Gasteiger partial charge in [-0.15, -0.1) is 5.10 Å². The van der Waals surface area contributed by atoms with E-state index in [1.807, 2.05) is 4.68 Å². The summed E-state index contributed by atoms with van der Waals surface area (Å²) in [5, 5.41) is 21.4. The van der Waals surface area contributed by atoms with Crippen LogP contribution in [0.15, 0.2) is 0 Å². The molecule has 0 aromatic carbocycles. The van der Waals surface area contributed by atoms with E-state index in [0.717, 1.165) is 25.3 Å². The topological polar surface area (TPSA) is 67.1 Å². The Bertz CT molecular complexity index is 425. The summed E-state index contributed by atoms with van der Waals surface area (Å²) in [5.74, 6) is 1.53. The smallest absolute Gasteiger partial charge is 0.165 e. The Morgan fingerprint density at radius 2 is 2.10 bits per heavy atom. The maximum absolute atomic E-state index is 9.29. The second-order valence-electron chi connectivity index (χ2n) is 6.85. The fraction of sp³-hybridized carbons (Fsp3) is 0.929. The highest BCUT2D eigenvalue weighted by atomic mass is 16.3. The highest BCUT2D eigenvalue weighted by Gasteiger charge is 2.30. The van der Waals surface area contributed by atoms with E-state index < -0.39 is 0 Å². The van der Waals surface area contributed by atoms with E-state index in [-0.39, 0.29) is 12.1 Å². The lowest BCUT2D eigenvalue weighted by Gasteiger charge is -2.39. The Balaban J connectivity index is 2.13. The first kappa shape index (κ1) is 15.4. The minimum Gasteiger partial charge on any atom is -0.396 e. The van der Waals surface area contributed by atoms with Gasteiger partial charge in [0.25, 0.3) is 0 Å². The zero-order chi connectivity index (χ0) is 14.8. The van der Waals surface area contributed by atoms with Crippen LogP contribution >= 0.6 is 0 Å². The van der Waals surface area contributed by atoms with E-state index in [2.05, 4.69) is 48.1 Å². The molecule has 1 fully saturated rings. The summed E-state index contributed by atoms with van der Waals surface area (Å²) in [6, 6.07) is 0.430. The maximum atomic E-state index is 9.29. The van der Waals surface area contributed by atoms with Gasteiger partial charge in [-0.2, -0.15) is 0 Å². The molecule has 1 N–H and O–H groups in total. The molecular weight excluding hydrogens is 254 g/mol. The van der Waals surface area contributed by atoms with E-state index in [1.54, 1.807) is 0 Å². The van der Waals surface area contributed by atoms with Gasteiger partial charge in [-0.25, -0.2) is 4.68 Å². The Labute approximate surface area is 121 Å². The summed E-state index contributed by atoms with van der Waals surface area (Å²) in [6.45, 7) is 10.7. The first-order valence-corrected chi connectivity index (χ1v) is 7.56. The lowest BCUT2D eigenvalue weighted by molar-refractivity contribution is 0.0672. The number of likely N-dealkylation sites (tertiary alicyclic amines) is 1. The molecule has 0 bridgehead atoms. The van der Waals surface area contributed by atoms with Crippen LogP contribution in [0.25, 0.3) is 0 Å². The third-order valence-corrected chi connectivity index (χ3v) is 4.17. The van der Waals surface area contributed by atoms with Crippen molar-refractivity contribution in [1.29, 1.82) is 0 Å². The van der Waals surface area contributed by atoms with Crippen molar-refractivity contribution in [2.45, 2.75) is 65.1 Å². The second-order valence-corrected chi connectivity index (χ2v) is 6.85. The number of rotatable bonds is 4. The number of aliphatic hydroxyl groups excluding tert-OH is 1. The van der Waals surface area contributed by atoms with Crippen LogP contribution in [0.3, 0.4) is 0 Å². The number of hydrogen-bond donors (Lipinski definition) is 1. The van der Waals surface area contributed by atoms with Gasteiger partial charge < -0.3 is 5.11 Å². The van der Waals surface area contributed by atoms with Gasteiger partial charge in [0, 0.05) is 12.6 Å². The van der Waals surface area contributed by atoms with Crippen molar-refractivity contribution in [3.8, 4) is 0 Å². The van der Waals surface area contributed by atoms with Crippen LogP contribution in [-0.4, -0.2) is 49.4 Å². The molecule has 1 saturated heterocycles. The lowest BCUT2D eigenvalue weighted by atomic mass is 9.89. The molecular formula is C14H27N5O. The average Bonchev–Trinajstić information content (AvgIpc) is 2.81. The normalized spacial score (nSPS) is 25.1. The predicted octanol–water partition coefficient (Wildman–Crippen LogP) is 1.41. The molecule has 6 heteroatoms. The Morgan fingerprint density at radius 1 is 1.35 bits per heavy atom. The van der Waals surface area contributed by atoms with Crippen LogP contribution in [0.2, 0.25) is 0 Å². The van der Waals surface area contributed by atoms with E-state index in [9.17, 15) is 5.11 Å². The van der Waals surface area contributed by atoms with Gasteiger partial charge >= 0.3 is 0 Å². The number of tetrazole rings is 1. The zero-order valence-electron chi connectivity index (χ0n) is 13.1. The van der Waals surface area contributed by atoms with Crippen LogP contribution < -0.4 is 0 Å². The molecule has 0 radical (unpaired) electrons. The van der Waals surface area contributed by atoms with Crippen molar-refractivity contribution in [3.05, 3.63) is 5.82 Å². The maximum Gasteiger partial charge on any atom is 0.165 e. The van der Waals surface area contributed by atoms with Crippen LogP contribution in [0, 0.1) is 5.92 Å². The third-order valence-electron chi connectivity index (χ3n) is 4.17. The van der Waals surface area contributed by atoms with Gasteiger partial charge in [0.2, 0.25) is 0 Å². The molecule has 2 atom stereocenters. The van der Waals surface area contributed by atoms with Crippen molar-refractivity contribution < 1.29 is 5.11 Å². The fourth-order valence-corrected chi connectivity index (χ4v) is 3.14. The minimum atomic E-state index is -0.104. The summed E-state index contributed by atoms with van der Waals surface area (Å²) in [7, 11) is 0. The van der Waals surface area contributed by atoms with Gasteiger partial charge in [0.15, 0.2) is 5.82 Å². The zero-order valence-corrected chi connectivity index (χ0v) is 13.1. The van der Waals surface area contributed by atoms with E-state index in [0.29, 0.717) is 12.0 Å². The Kier molecular flexibility index (Phi) is 4.75. The van der Waals surface area contributed by atoms with Gasteiger partial charge in [0.1, 0.15) is 0 Å². The molecule has 1 aromatic rings. The molecule has 20 heavy (non-hydrogen) atoms. The molecule has 1 aliphatic heterocycles.